The maximum atomic E-state index is 13.2. The fraction of sp³-hybridized carbons (Fsp3) is 0.133. The van der Waals surface area contributed by atoms with Crippen LogP contribution in [0.2, 0.25) is 0 Å². The van der Waals surface area contributed by atoms with E-state index in [0.29, 0.717) is 0 Å². The van der Waals surface area contributed by atoms with Gasteiger partial charge in [0.2, 0.25) is 11.7 Å². The number of hydrogen-bond donors (Lipinski definition) is 2. The molecule has 3 rings (SSSR count). The molecule has 0 fully saturated rings. The van der Waals surface area contributed by atoms with E-state index < -0.39 is 28.6 Å². The van der Waals surface area contributed by atoms with Crippen molar-refractivity contribution in [2.24, 2.45) is 0 Å². The molecule has 0 aromatic heterocycles. The second-order valence-corrected chi connectivity index (χ2v) is 5.15. The zero-order valence-corrected chi connectivity index (χ0v) is 12.8. The van der Waals surface area contributed by atoms with E-state index in [-0.39, 0.29) is 29.4 Å². The smallest absolute Gasteiger partial charge is 0.395 e. The normalized spacial score (nSPS) is 14.0. The minimum absolute atomic E-state index is 0.162. The van der Waals surface area contributed by atoms with Gasteiger partial charge in [0.25, 0.3) is 0 Å². The van der Waals surface area contributed by atoms with Crippen molar-refractivity contribution in [3.63, 3.8) is 0 Å². The largest absolute Gasteiger partial charge is 0.586 e. The zero-order chi connectivity index (χ0) is 18.9. The van der Waals surface area contributed by atoms with Crippen LogP contribution in [0.15, 0.2) is 36.4 Å². The average molecular weight is 369 g/mol. The number of rotatable bonds is 5. The van der Waals surface area contributed by atoms with Gasteiger partial charge in [-0.25, -0.2) is 0 Å². The first kappa shape index (κ1) is 17.3. The average Bonchev–Trinajstić information content (AvgIpc) is 2.87. The van der Waals surface area contributed by atoms with Crippen molar-refractivity contribution in [1.82, 2.24) is 0 Å². The quantitative estimate of drug-likeness (QED) is 0.620. The van der Waals surface area contributed by atoms with Crippen molar-refractivity contribution in [2.75, 3.05) is 17.2 Å². The fourth-order valence-corrected chi connectivity index (χ4v) is 2.18. The van der Waals surface area contributed by atoms with E-state index in [1.807, 2.05) is 0 Å². The van der Waals surface area contributed by atoms with Crippen LogP contribution in [0.5, 0.6) is 11.5 Å². The summed E-state index contributed by atoms with van der Waals surface area (Å²) in [6.07, 6.45) is -3.76. The molecule has 136 valence electrons. The Labute approximate surface area is 143 Å². The predicted molar refractivity (Wildman–Crippen MR) is 82.8 cm³/mol. The Morgan fingerprint density at radius 3 is 2.54 bits per heavy atom. The molecule has 0 saturated carbocycles. The summed E-state index contributed by atoms with van der Waals surface area (Å²) in [7, 11) is 0. The summed E-state index contributed by atoms with van der Waals surface area (Å²) >= 11 is 0. The first-order chi connectivity index (χ1) is 12.2. The van der Waals surface area contributed by atoms with Crippen LogP contribution in [-0.2, 0) is 4.79 Å². The Hall–Kier alpha value is -3.50. The number of anilines is 2. The second kappa shape index (κ2) is 6.43. The predicted octanol–water partition coefficient (Wildman–Crippen LogP) is 3.11. The lowest BCUT2D eigenvalue weighted by Gasteiger charge is -2.08. The van der Waals surface area contributed by atoms with Gasteiger partial charge < -0.3 is 20.1 Å². The number of benzene rings is 2. The Bertz CT molecular complexity index is 891. The first-order valence-electron chi connectivity index (χ1n) is 7.11. The van der Waals surface area contributed by atoms with Gasteiger partial charge in [0.1, 0.15) is 0 Å². The van der Waals surface area contributed by atoms with E-state index in [0.717, 1.165) is 18.2 Å². The highest BCUT2D eigenvalue weighted by atomic mass is 19.3. The van der Waals surface area contributed by atoms with Gasteiger partial charge in [0.15, 0.2) is 11.5 Å². The van der Waals surface area contributed by atoms with Crippen LogP contribution < -0.4 is 20.1 Å². The summed E-state index contributed by atoms with van der Waals surface area (Å²) in [5.74, 6) is -1.95. The van der Waals surface area contributed by atoms with Gasteiger partial charge in [-0.2, -0.15) is 4.39 Å². The van der Waals surface area contributed by atoms with E-state index in [4.69, 9.17) is 0 Å². The lowest BCUT2D eigenvalue weighted by atomic mass is 10.2. The van der Waals surface area contributed by atoms with Crippen molar-refractivity contribution in [2.45, 2.75) is 6.29 Å². The number of carbonyl (C=O) groups excluding carboxylic acids is 1. The van der Waals surface area contributed by atoms with Gasteiger partial charge in [-0.05, 0) is 24.3 Å². The maximum Gasteiger partial charge on any atom is 0.586 e. The summed E-state index contributed by atoms with van der Waals surface area (Å²) in [5, 5.41) is 15.7. The van der Waals surface area contributed by atoms with Crippen LogP contribution in [-0.4, -0.2) is 23.7 Å². The monoisotopic (exact) mass is 369 g/mol. The molecule has 2 aromatic rings. The molecule has 0 radical (unpaired) electrons. The van der Waals surface area contributed by atoms with Crippen molar-refractivity contribution < 1.29 is 32.4 Å². The van der Waals surface area contributed by atoms with Gasteiger partial charge in [0.05, 0.1) is 11.5 Å². The molecule has 1 amide bonds. The molecule has 0 atom stereocenters. The van der Waals surface area contributed by atoms with E-state index in [9.17, 15) is 28.1 Å². The topological polar surface area (TPSA) is 103 Å². The van der Waals surface area contributed by atoms with Crippen molar-refractivity contribution in [1.29, 1.82) is 0 Å². The summed E-state index contributed by atoms with van der Waals surface area (Å²) < 4.78 is 47.6. The van der Waals surface area contributed by atoms with E-state index in [1.165, 1.54) is 18.2 Å². The number of nitro groups is 1. The van der Waals surface area contributed by atoms with Gasteiger partial charge >= 0.3 is 12.0 Å². The molecule has 0 bridgehead atoms. The molecule has 1 aliphatic heterocycles. The lowest BCUT2D eigenvalue weighted by Crippen LogP contribution is -2.25. The molecule has 8 nitrogen and oxygen atoms in total. The Morgan fingerprint density at radius 1 is 1.12 bits per heavy atom. The number of alkyl halides is 2. The number of nitrogens with one attached hydrogen (secondary N) is 2. The maximum absolute atomic E-state index is 13.2. The van der Waals surface area contributed by atoms with Crippen molar-refractivity contribution in [3.8, 4) is 11.5 Å². The highest BCUT2D eigenvalue weighted by molar-refractivity contribution is 5.94. The molecule has 2 N–H and O–H groups in total. The lowest BCUT2D eigenvalue weighted by molar-refractivity contribution is -0.387. The van der Waals surface area contributed by atoms with Crippen LogP contribution in [0.3, 0.4) is 0 Å². The third kappa shape index (κ3) is 3.77. The van der Waals surface area contributed by atoms with E-state index in [2.05, 4.69) is 20.1 Å². The third-order valence-corrected chi connectivity index (χ3v) is 3.28. The fourth-order valence-electron chi connectivity index (χ4n) is 2.18. The van der Waals surface area contributed by atoms with Crippen LogP contribution in [0.1, 0.15) is 0 Å². The van der Waals surface area contributed by atoms with Crippen molar-refractivity contribution >= 4 is 23.0 Å². The van der Waals surface area contributed by atoms with Gasteiger partial charge in [-0.1, -0.05) is 0 Å². The number of fused-ring (bicyclic) bond motifs is 1. The summed E-state index contributed by atoms with van der Waals surface area (Å²) in [6.45, 7) is -0.298. The minimum Gasteiger partial charge on any atom is -0.395 e. The molecule has 0 aliphatic carbocycles. The number of hydrogen-bond acceptors (Lipinski definition) is 6. The summed E-state index contributed by atoms with van der Waals surface area (Å²) in [5.41, 5.74) is -0.382. The molecular weight excluding hydrogens is 359 g/mol. The highest BCUT2D eigenvalue weighted by Gasteiger charge is 2.43. The number of nitro benzene ring substituents is 1. The molecule has 0 spiro atoms. The van der Waals surface area contributed by atoms with Crippen molar-refractivity contribution in [3.05, 3.63) is 52.3 Å². The SMILES string of the molecule is O=C(CNc1ccc(F)c([N+](=O)[O-])c1)Nc1ccc2c(c1)OC(F)(F)O2. The first-order valence-corrected chi connectivity index (χ1v) is 7.11. The van der Waals surface area contributed by atoms with Crippen LogP contribution >= 0.6 is 0 Å². The third-order valence-electron chi connectivity index (χ3n) is 3.28. The van der Waals surface area contributed by atoms with Crippen LogP contribution in [0.25, 0.3) is 0 Å². The molecule has 1 heterocycles. The summed E-state index contributed by atoms with van der Waals surface area (Å²) in [4.78, 5) is 21.7. The molecule has 26 heavy (non-hydrogen) atoms. The van der Waals surface area contributed by atoms with Crippen LogP contribution in [0.4, 0.5) is 30.2 Å². The highest BCUT2D eigenvalue weighted by Crippen LogP contribution is 2.42. The number of carbonyl (C=O) groups is 1. The summed E-state index contributed by atoms with van der Waals surface area (Å²) in [6, 6.07) is 6.80. The van der Waals surface area contributed by atoms with Gasteiger partial charge in [-0.15, -0.1) is 8.78 Å². The molecular formula is C15H10F3N3O5. The van der Waals surface area contributed by atoms with E-state index >= 15 is 0 Å². The Kier molecular flexibility index (Phi) is 4.28. The van der Waals surface area contributed by atoms with Gasteiger partial charge in [0, 0.05) is 23.5 Å². The standard InChI is InChI=1S/C15H10F3N3O5/c16-10-3-1-8(5-11(10)21(23)24)19-7-14(22)20-9-2-4-12-13(6-9)26-15(17,18)25-12/h1-6,19H,7H2,(H,20,22). The minimum atomic E-state index is -3.76. The Morgan fingerprint density at radius 2 is 1.81 bits per heavy atom. The second-order valence-electron chi connectivity index (χ2n) is 5.15. The molecule has 1 aliphatic rings. The molecule has 0 unspecified atom stereocenters. The molecule has 2 aromatic carbocycles. The number of nitrogens with zero attached hydrogens (tertiary/aromatic N) is 1. The number of amides is 1. The van der Waals surface area contributed by atoms with E-state index in [1.54, 1.807) is 0 Å². The number of ether oxygens (including phenoxy) is 2. The number of halogens is 3. The molecule has 0 saturated heterocycles. The van der Waals surface area contributed by atoms with Gasteiger partial charge in [-0.3, -0.25) is 14.9 Å². The Balaban J connectivity index is 1.60. The zero-order valence-electron chi connectivity index (χ0n) is 12.8. The molecule has 11 heteroatoms. The van der Waals surface area contributed by atoms with Crippen LogP contribution in [0, 0.1) is 15.9 Å².